The first kappa shape index (κ1) is 27.8. The van der Waals surface area contributed by atoms with E-state index in [9.17, 15) is 23.1 Å². The minimum atomic E-state index is -4.08. The summed E-state index contributed by atoms with van der Waals surface area (Å²) in [5.74, 6) is -1.31. The average Bonchev–Trinajstić information content (AvgIpc) is 3.39. The minimum absolute atomic E-state index is 0.00727. The number of nitrogens with zero attached hydrogens (tertiary/aromatic N) is 2. The van der Waals surface area contributed by atoms with Crippen molar-refractivity contribution in [2.45, 2.75) is 42.8 Å². The molecule has 200 valence electrons. The van der Waals surface area contributed by atoms with Crippen molar-refractivity contribution in [3.8, 4) is 5.75 Å². The van der Waals surface area contributed by atoms with Crippen molar-refractivity contribution in [3.05, 3.63) is 88.2 Å². The molecule has 0 radical (unpaired) electrons. The van der Waals surface area contributed by atoms with Crippen LogP contribution in [0.3, 0.4) is 0 Å². The maximum Gasteiger partial charge on any atom is 0.326 e. The standard InChI is InChI=1S/C26H25Cl2N3O6S/c27-19-12-20(28)14-22(13-19)38(35,36)31-10-2-4-24(31)25(32)30-23(26(33)34)11-17-5-7-21(8-6-17)37-16-18-3-1-9-29-15-18/h1,3,5-9,12-15,23-24H,2,4,10-11,16H2,(H,30,32)(H,33,34)/t23-,24-/m0/s1. The molecule has 1 saturated heterocycles. The lowest BCUT2D eigenvalue weighted by molar-refractivity contribution is -0.142. The summed E-state index contributed by atoms with van der Waals surface area (Å²) in [4.78, 5) is 28.9. The largest absolute Gasteiger partial charge is 0.489 e. The first-order valence-corrected chi connectivity index (χ1v) is 13.9. The van der Waals surface area contributed by atoms with Crippen molar-refractivity contribution < 1.29 is 27.9 Å². The Hall–Kier alpha value is -3.18. The summed E-state index contributed by atoms with van der Waals surface area (Å²) >= 11 is 12.0. The number of carboxylic acid groups (broad SMARTS) is 1. The van der Waals surface area contributed by atoms with Gasteiger partial charge in [-0.05, 0) is 54.8 Å². The molecule has 12 heteroatoms. The summed E-state index contributed by atoms with van der Waals surface area (Å²) in [7, 11) is -4.08. The van der Waals surface area contributed by atoms with Gasteiger partial charge in [0.25, 0.3) is 0 Å². The first-order valence-electron chi connectivity index (χ1n) is 11.8. The number of aliphatic carboxylic acids is 1. The number of nitrogens with one attached hydrogen (secondary N) is 1. The van der Waals surface area contributed by atoms with Gasteiger partial charge in [-0.1, -0.05) is 41.4 Å². The summed E-state index contributed by atoms with van der Waals surface area (Å²) in [5.41, 5.74) is 1.57. The quantitative estimate of drug-likeness (QED) is 0.374. The molecule has 3 aromatic rings. The van der Waals surface area contributed by atoms with E-state index < -0.39 is 34.0 Å². The van der Waals surface area contributed by atoms with Crippen LogP contribution in [0.15, 0.2) is 71.9 Å². The van der Waals surface area contributed by atoms with Crippen LogP contribution in [0.25, 0.3) is 0 Å². The summed E-state index contributed by atoms with van der Waals surface area (Å²) in [6.45, 7) is 0.450. The smallest absolute Gasteiger partial charge is 0.326 e. The fraction of sp³-hybridized carbons (Fsp3) is 0.269. The zero-order chi connectivity index (χ0) is 27.3. The molecule has 9 nitrogen and oxygen atoms in total. The van der Waals surface area contributed by atoms with Crippen LogP contribution < -0.4 is 10.1 Å². The molecule has 2 N–H and O–H groups in total. The molecule has 1 fully saturated rings. The lowest BCUT2D eigenvalue weighted by Gasteiger charge is -2.25. The summed E-state index contributed by atoms with van der Waals surface area (Å²) in [5, 5.41) is 12.6. The van der Waals surface area contributed by atoms with Crippen LogP contribution in [0.4, 0.5) is 0 Å². The molecule has 1 aliphatic heterocycles. The van der Waals surface area contributed by atoms with Gasteiger partial charge in [-0.25, -0.2) is 13.2 Å². The number of hydrogen-bond acceptors (Lipinski definition) is 6. The van der Waals surface area contributed by atoms with E-state index in [1.807, 2.05) is 12.1 Å². The van der Waals surface area contributed by atoms with Crippen LogP contribution >= 0.6 is 23.2 Å². The molecule has 2 atom stereocenters. The van der Waals surface area contributed by atoms with E-state index >= 15 is 0 Å². The number of aromatic nitrogens is 1. The molecule has 2 aromatic carbocycles. The van der Waals surface area contributed by atoms with E-state index in [2.05, 4.69) is 10.3 Å². The van der Waals surface area contributed by atoms with Gasteiger partial charge in [-0.15, -0.1) is 0 Å². The van der Waals surface area contributed by atoms with Gasteiger partial charge in [-0.3, -0.25) is 9.78 Å². The molecule has 1 amide bonds. The van der Waals surface area contributed by atoms with Gasteiger partial charge < -0.3 is 15.2 Å². The van der Waals surface area contributed by atoms with E-state index in [4.69, 9.17) is 27.9 Å². The Bertz CT molecular complexity index is 1380. The second kappa shape index (κ2) is 12.1. The highest BCUT2D eigenvalue weighted by Crippen LogP contribution is 2.30. The Morgan fingerprint density at radius 1 is 1.11 bits per heavy atom. The average molecular weight is 578 g/mol. The van der Waals surface area contributed by atoms with Gasteiger partial charge in [0.1, 0.15) is 24.4 Å². The molecule has 0 aliphatic carbocycles. The second-order valence-corrected chi connectivity index (χ2v) is 11.5. The molecule has 1 aliphatic rings. The number of hydrogen-bond donors (Lipinski definition) is 2. The molecule has 0 bridgehead atoms. The Morgan fingerprint density at radius 3 is 2.45 bits per heavy atom. The van der Waals surface area contributed by atoms with Gasteiger partial charge in [0, 0.05) is 41.0 Å². The third kappa shape index (κ3) is 6.82. The number of carbonyl (C=O) groups is 2. The molecular weight excluding hydrogens is 553 g/mol. The van der Waals surface area contributed by atoms with E-state index in [1.165, 1.54) is 18.2 Å². The molecule has 1 aromatic heterocycles. The number of sulfonamides is 1. The lowest BCUT2D eigenvalue weighted by atomic mass is 10.1. The SMILES string of the molecule is O=C(O)[C@H](Cc1ccc(OCc2cccnc2)cc1)NC(=O)[C@@H]1CCCN1S(=O)(=O)c1cc(Cl)cc(Cl)c1. The molecule has 0 unspecified atom stereocenters. The molecule has 2 heterocycles. The number of halogens is 2. The maximum absolute atomic E-state index is 13.2. The molecule has 38 heavy (non-hydrogen) atoms. The highest BCUT2D eigenvalue weighted by molar-refractivity contribution is 7.89. The number of carbonyl (C=O) groups excluding carboxylic acids is 1. The predicted octanol–water partition coefficient (Wildman–Crippen LogP) is 3.93. The summed E-state index contributed by atoms with van der Waals surface area (Å²) < 4.78 is 33.3. The fourth-order valence-electron chi connectivity index (χ4n) is 4.18. The number of benzene rings is 2. The summed E-state index contributed by atoms with van der Waals surface area (Å²) in [6.07, 6.45) is 4.09. The van der Waals surface area contributed by atoms with Crippen LogP contribution in [0.1, 0.15) is 24.0 Å². The third-order valence-corrected chi connectivity index (χ3v) is 8.38. The van der Waals surface area contributed by atoms with E-state index in [1.54, 1.807) is 36.7 Å². The van der Waals surface area contributed by atoms with Gasteiger partial charge in [0.05, 0.1) is 4.90 Å². The van der Waals surface area contributed by atoms with Gasteiger partial charge in [0.2, 0.25) is 15.9 Å². The number of ether oxygens (including phenoxy) is 1. The zero-order valence-electron chi connectivity index (χ0n) is 20.1. The van der Waals surface area contributed by atoms with Crippen molar-refractivity contribution in [2.75, 3.05) is 6.54 Å². The van der Waals surface area contributed by atoms with Crippen LogP contribution in [0, 0.1) is 0 Å². The van der Waals surface area contributed by atoms with Crippen molar-refractivity contribution in [1.29, 1.82) is 0 Å². The summed E-state index contributed by atoms with van der Waals surface area (Å²) in [6, 6.07) is 12.2. The lowest BCUT2D eigenvalue weighted by Crippen LogP contribution is -2.51. The second-order valence-electron chi connectivity index (χ2n) is 8.78. The fourth-order valence-corrected chi connectivity index (χ4v) is 6.56. The first-order chi connectivity index (χ1) is 18.1. The minimum Gasteiger partial charge on any atom is -0.489 e. The number of carboxylic acids is 1. The van der Waals surface area contributed by atoms with Gasteiger partial charge >= 0.3 is 5.97 Å². The van der Waals surface area contributed by atoms with Crippen molar-refractivity contribution in [1.82, 2.24) is 14.6 Å². The monoisotopic (exact) mass is 577 g/mol. The van der Waals surface area contributed by atoms with E-state index in [0.717, 1.165) is 9.87 Å². The highest BCUT2D eigenvalue weighted by Gasteiger charge is 2.40. The normalized spacial score (nSPS) is 16.6. The topological polar surface area (TPSA) is 126 Å². The number of rotatable bonds is 10. The van der Waals surface area contributed by atoms with Crippen molar-refractivity contribution in [3.63, 3.8) is 0 Å². The van der Waals surface area contributed by atoms with Crippen LogP contribution in [-0.4, -0.2) is 53.3 Å². The highest BCUT2D eigenvalue weighted by atomic mass is 35.5. The van der Waals surface area contributed by atoms with Crippen LogP contribution in [0.5, 0.6) is 5.75 Å². The van der Waals surface area contributed by atoms with E-state index in [-0.39, 0.29) is 34.3 Å². The molecular formula is C26H25Cl2N3O6S. The van der Waals surface area contributed by atoms with Crippen molar-refractivity contribution in [2.24, 2.45) is 0 Å². The number of pyridine rings is 1. The molecule has 0 saturated carbocycles. The van der Waals surface area contributed by atoms with Crippen molar-refractivity contribution >= 4 is 45.1 Å². The van der Waals surface area contributed by atoms with Gasteiger partial charge in [-0.2, -0.15) is 4.31 Å². The Kier molecular flexibility index (Phi) is 8.88. The van der Waals surface area contributed by atoms with Crippen LogP contribution in [-0.2, 0) is 32.6 Å². The number of amides is 1. The Morgan fingerprint density at radius 2 is 1.82 bits per heavy atom. The van der Waals surface area contributed by atoms with Gasteiger partial charge in [0.15, 0.2) is 0 Å². The van der Waals surface area contributed by atoms with E-state index in [0.29, 0.717) is 24.3 Å². The Balaban J connectivity index is 1.41. The third-order valence-electron chi connectivity index (χ3n) is 6.06. The zero-order valence-corrected chi connectivity index (χ0v) is 22.4. The Labute approximate surface area is 230 Å². The predicted molar refractivity (Wildman–Crippen MR) is 142 cm³/mol. The molecule has 4 rings (SSSR count). The van der Waals surface area contributed by atoms with Crippen LogP contribution in [0.2, 0.25) is 10.0 Å². The molecule has 0 spiro atoms. The maximum atomic E-state index is 13.2.